The van der Waals surface area contributed by atoms with Crippen LogP contribution in [0.3, 0.4) is 0 Å². The maximum absolute atomic E-state index is 5.87. The molecule has 1 aliphatic rings. The fourth-order valence-electron chi connectivity index (χ4n) is 1.83. The number of nitrogens with zero attached hydrogens (tertiary/aromatic N) is 1. The average molecular weight is 206 g/mol. The van der Waals surface area contributed by atoms with Gasteiger partial charge in [0.15, 0.2) is 0 Å². The summed E-state index contributed by atoms with van der Waals surface area (Å²) >= 11 is 0. The van der Waals surface area contributed by atoms with Crippen LogP contribution >= 0.6 is 0 Å². The van der Waals surface area contributed by atoms with E-state index in [9.17, 15) is 0 Å². The van der Waals surface area contributed by atoms with Crippen molar-refractivity contribution < 1.29 is 4.84 Å². The van der Waals surface area contributed by atoms with Gasteiger partial charge in [-0.25, -0.2) is 0 Å². The van der Waals surface area contributed by atoms with Gasteiger partial charge in [0.05, 0.1) is 6.61 Å². The van der Waals surface area contributed by atoms with E-state index < -0.39 is 0 Å². The smallest absolute Gasteiger partial charge is 0.0935 e. The highest BCUT2D eigenvalue weighted by Gasteiger charge is 2.16. The molecule has 0 radical (unpaired) electrons. The van der Waals surface area contributed by atoms with Gasteiger partial charge in [-0.1, -0.05) is 30.3 Å². The number of hydrogen-bond donors (Lipinski definition) is 1. The van der Waals surface area contributed by atoms with Gasteiger partial charge in [0.2, 0.25) is 0 Å². The van der Waals surface area contributed by atoms with Crippen LogP contribution in [0.25, 0.3) is 0 Å². The lowest BCUT2D eigenvalue weighted by molar-refractivity contribution is -0.181. The summed E-state index contributed by atoms with van der Waals surface area (Å²) in [6.45, 7) is 2.50. The average Bonchev–Trinajstić information content (AvgIpc) is 2.28. The Morgan fingerprint density at radius 3 is 2.87 bits per heavy atom. The largest absolute Gasteiger partial charge is 0.326 e. The van der Waals surface area contributed by atoms with Crippen molar-refractivity contribution in [2.24, 2.45) is 5.73 Å². The zero-order valence-corrected chi connectivity index (χ0v) is 8.93. The summed E-state index contributed by atoms with van der Waals surface area (Å²) in [4.78, 5) is 5.69. The Hall–Kier alpha value is -0.900. The van der Waals surface area contributed by atoms with Crippen LogP contribution in [0.4, 0.5) is 0 Å². The number of rotatable bonds is 3. The van der Waals surface area contributed by atoms with Crippen molar-refractivity contribution in [3.05, 3.63) is 35.9 Å². The molecule has 3 nitrogen and oxygen atoms in total. The fraction of sp³-hybridized carbons (Fsp3) is 0.500. The van der Waals surface area contributed by atoms with E-state index in [-0.39, 0.29) is 6.04 Å². The van der Waals surface area contributed by atoms with Gasteiger partial charge < -0.3 is 5.73 Å². The summed E-state index contributed by atoms with van der Waals surface area (Å²) in [5.41, 5.74) is 7.08. The van der Waals surface area contributed by atoms with Gasteiger partial charge in [0, 0.05) is 19.1 Å². The van der Waals surface area contributed by atoms with Gasteiger partial charge in [0.25, 0.3) is 0 Å². The van der Waals surface area contributed by atoms with Crippen molar-refractivity contribution in [2.45, 2.75) is 25.5 Å². The maximum atomic E-state index is 5.87. The summed E-state index contributed by atoms with van der Waals surface area (Å²) in [5.74, 6) is 0. The minimum absolute atomic E-state index is 0.273. The van der Waals surface area contributed by atoms with Crippen molar-refractivity contribution in [2.75, 3.05) is 13.1 Å². The Kier molecular flexibility index (Phi) is 3.72. The second kappa shape index (κ2) is 5.26. The molecular formula is C12H18N2O. The van der Waals surface area contributed by atoms with E-state index in [1.54, 1.807) is 0 Å². The van der Waals surface area contributed by atoms with Gasteiger partial charge >= 0.3 is 0 Å². The molecule has 0 spiro atoms. The molecule has 1 aliphatic heterocycles. The summed E-state index contributed by atoms with van der Waals surface area (Å²) in [6.07, 6.45) is 2.25. The lowest BCUT2D eigenvalue weighted by Crippen LogP contribution is -2.42. The molecule has 0 bridgehead atoms. The molecule has 0 unspecified atom stereocenters. The molecule has 3 heteroatoms. The van der Waals surface area contributed by atoms with Crippen LogP contribution in [0.1, 0.15) is 18.4 Å². The third-order valence-corrected chi connectivity index (χ3v) is 2.68. The summed E-state index contributed by atoms with van der Waals surface area (Å²) in [6, 6.07) is 10.5. The Morgan fingerprint density at radius 2 is 2.13 bits per heavy atom. The molecule has 0 aromatic heterocycles. The van der Waals surface area contributed by atoms with Crippen LogP contribution in [0.5, 0.6) is 0 Å². The first-order valence-electron chi connectivity index (χ1n) is 5.52. The zero-order valence-electron chi connectivity index (χ0n) is 8.93. The van der Waals surface area contributed by atoms with E-state index in [0.29, 0.717) is 6.61 Å². The Bertz CT molecular complexity index is 289. The summed E-state index contributed by atoms with van der Waals surface area (Å²) in [7, 11) is 0. The molecule has 1 aromatic rings. The highest BCUT2D eigenvalue weighted by atomic mass is 16.7. The van der Waals surface area contributed by atoms with Crippen molar-refractivity contribution in [3.63, 3.8) is 0 Å². The van der Waals surface area contributed by atoms with E-state index in [2.05, 4.69) is 12.1 Å². The van der Waals surface area contributed by atoms with Crippen LogP contribution in [0, 0.1) is 0 Å². The topological polar surface area (TPSA) is 38.5 Å². The molecule has 0 amide bonds. The second-order valence-electron chi connectivity index (χ2n) is 4.05. The van der Waals surface area contributed by atoms with Gasteiger partial charge in [-0.3, -0.25) is 4.84 Å². The Labute approximate surface area is 90.8 Å². The minimum atomic E-state index is 0.273. The molecule has 15 heavy (non-hydrogen) atoms. The summed E-state index contributed by atoms with van der Waals surface area (Å²) < 4.78 is 0. The van der Waals surface area contributed by atoms with Crippen LogP contribution in [0.15, 0.2) is 30.3 Å². The molecule has 1 atom stereocenters. The Balaban J connectivity index is 1.78. The number of hydrogen-bond acceptors (Lipinski definition) is 3. The van der Waals surface area contributed by atoms with Crippen LogP contribution in [-0.4, -0.2) is 24.2 Å². The SMILES string of the molecule is N[C@@H]1CCCN(OCc2ccccc2)C1. The highest BCUT2D eigenvalue weighted by Crippen LogP contribution is 2.10. The monoisotopic (exact) mass is 206 g/mol. The molecule has 0 saturated carbocycles. The molecule has 1 saturated heterocycles. The third-order valence-electron chi connectivity index (χ3n) is 2.68. The summed E-state index contributed by atoms with van der Waals surface area (Å²) in [5, 5.41) is 1.99. The van der Waals surface area contributed by atoms with E-state index in [0.717, 1.165) is 25.9 Å². The first kappa shape index (κ1) is 10.6. The predicted molar refractivity (Wildman–Crippen MR) is 60.0 cm³/mol. The van der Waals surface area contributed by atoms with Gasteiger partial charge in [-0.15, -0.1) is 0 Å². The molecule has 1 heterocycles. The normalized spacial score (nSPS) is 22.9. The molecular weight excluding hydrogens is 188 g/mol. The number of nitrogens with two attached hydrogens (primary N) is 1. The lowest BCUT2D eigenvalue weighted by Gasteiger charge is -2.29. The standard InChI is InChI=1S/C12H18N2O/c13-12-7-4-8-14(9-12)15-10-11-5-2-1-3-6-11/h1-3,5-6,12H,4,7-10,13H2/t12-/m1/s1. The van der Waals surface area contributed by atoms with Crippen molar-refractivity contribution in [3.8, 4) is 0 Å². The van der Waals surface area contributed by atoms with Crippen molar-refractivity contribution >= 4 is 0 Å². The van der Waals surface area contributed by atoms with Crippen molar-refractivity contribution in [1.29, 1.82) is 0 Å². The first-order chi connectivity index (χ1) is 7.34. The van der Waals surface area contributed by atoms with Crippen molar-refractivity contribution in [1.82, 2.24) is 5.06 Å². The van der Waals surface area contributed by atoms with Crippen LogP contribution < -0.4 is 5.73 Å². The number of hydroxylamine groups is 2. The van der Waals surface area contributed by atoms with E-state index >= 15 is 0 Å². The second-order valence-corrected chi connectivity index (χ2v) is 4.05. The van der Waals surface area contributed by atoms with Crippen LogP contribution in [0.2, 0.25) is 0 Å². The zero-order chi connectivity index (χ0) is 10.5. The lowest BCUT2D eigenvalue weighted by atomic mass is 10.1. The molecule has 0 aliphatic carbocycles. The molecule has 2 rings (SSSR count). The third kappa shape index (κ3) is 3.30. The first-order valence-corrected chi connectivity index (χ1v) is 5.52. The van der Waals surface area contributed by atoms with E-state index in [1.807, 2.05) is 23.3 Å². The molecule has 1 fully saturated rings. The van der Waals surface area contributed by atoms with Crippen LogP contribution in [-0.2, 0) is 11.4 Å². The number of benzene rings is 1. The predicted octanol–water partition coefficient (Wildman–Crippen LogP) is 1.54. The fourth-order valence-corrected chi connectivity index (χ4v) is 1.83. The number of piperidine rings is 1. The molecule has 1 aromatic carbocycles. The van der Waals surface area contributed by atoms with Gasteiger partial charge in [-0.05, 0) is 18.4 Å². The quantitative estimate of drug-likeness (QED) is 0.815. The Morgan fingerprint density at radius 1 is 1.33 bits per heavy atom. The molecule has 2 N–H and O–H groups in total. The maximum Gasteiger partial charge on any atom is 0.0935 e. The van der Waals surface area contributed by atoms with Gasteiger partial charge in [0.1, 0.15) is 0 Å². The van der Waals surface area contributed by atoms with E-state index in [4.69, 9.17) is 10.6 Å². The molecule has 82 valence electrons. The highest BCUT2D eigenvalue weighted by molar-refractivity contribution is 5.13. The minimum Gasteiger partial charge on any atom is -0.326 e. The van der Waals surface area contributed by atoms with Gasteiger partial charge in [-0.2, -0.15) is 5.06 Å². The van der Waals surface area contributed by atoms with E-state index in [1.165, 1.54) is 5.56 Å².